The van der Waals surface area contributed by atoms with Crippen molar-refractivity contribution in [2.24, 2.45) is 0 Å². The number of aryl methyl sites for hydroxylation is 3. The van der Waals surface area contributed by atoms with Crippen molar-refractivity contribution >= 4 is 28.3 Å². The number of nitrogens with one attached hydrogen (secondary N) is 1. The van der Waals surface area contributed by atoms with E-state index in [1.165, 1.54) is 11.3 Å². The Morgan fingerprint density at radius 3 is 2.61 bits per heavy atom. The predicted molar refractivity (Wildman–Crippen MR) is 123 cm³/mol. The summed E-state index contributed by atoms with van der Waals surface area (Å²) in [4.78, 5) is 35.0. The van der Waals surface area contributed by atoms with Gasteiger partial charge in [0.1, 0.15) is 0 Å². The monoisotopic (exact) mass is 444 g/mol. The molecule has 1 aliphatic rings. The molecule has 1 N–H and O–H groups in total. The van der Waals surface area contributed by atoms with Gasteiger partial charge in [-0.2, -0.15) is 0 Å². The van der Waals surface area contributed by atoms with Crippen LogP contribution in [0.25, 0.3) is 0 Å². The van der Waals surface area contributed by atoms with Gasteiger partial charge in [0.15, 0.2) is 5.13 Å². The molecule has 7 nitrogen and oxygen atoms in total. The third kappa shape index (κ3) is 7.72. The standard InChI is InChI=1S/C23H32N4O3S/c1-18-19(2)31-23(24-18)25-21(28)17-27(12-6-11-26-13-15-30-16-14-26)22(29)10-9-20-7-4-3-5-8-20/h3-5,7-8H,6,9-17H2,1-2H3,(H,24,25,28). The Morgan fingerprint density at radius 1 is 1.19 bits per heavy atom. The summed E-state index contributed by atoms with van der Waals surface area (Å²) in [7, 11) is 0. The highest BCUT2D eigenvalue weighted by molar-refractivity contribution is 7.15. The molecular formula is C23H32N4O3S. The molecule has 31 heavy (non-hydrogen) atoms. The van der Waals surface area contributed by atoms with Crippen LogP contribution >= 0.6 is 11.3 Å². The molecule has 0 unspecified atom stereocenters. The zero-order valence-corrected chi connectivity index (χ0v) is 19.2. The highest BCUT2D eigenvalue weighted by Crippen LogP contribution is 2.21. The summed E-state index contributed by atoms with van der Waals surface area (Å²) in [5.74, 6) is -0.194. The third-order valence-electron chi connectivity index (χ3n) is 5.44. The molecule has 1 fully saturated rings. The summed E-state index contributed by atoms with van der Waals surface area (Å²) >= 11 is 1.46. The molecule has 168 valence electrons. The first kappa shape index (κ1) is 23.4. The van der Waals surface area contributed by atoms with Crippen LogP contribution in [0.1, 0.15) is 29.0 Å². The summed E-state index contributed by atoms with van der Waals surface area (Å²) < 4.78 is 5.39. The van der Waals surface area contributed by atoms with Crippen LogP contribution in [-0.4, -0.2) is 72.5 Å². The number of hydrogen-bond donors (Lipinski definition) is 1. The van der Waals surface area contributed by atoms with E-state index in [-0.39, 0.29) is 18.4 Å². The topological polar surface area (TPSA) is 74.8 Å². The fourth-order valence-electron chi connectivity index (χ4n) is 3.51. The number of anilines is 1. The Balaban J connectivity index is 1.55. The van der Waals surface area contributed by atoms with Crippen molar-refractivity contribution in [1.82, 2.24) is 14.8 Å². The summed E-state index contributed by atoms with van der Waals surface area (Å²) in [6.45, 7) is 8.78. The van der Waals surface area contributed by atoms with Crippen LogP contribution in [0.3, 0.4) is 0 Å². The molecule has 1 aliphatic heterocycles. The van der Waals surface area contributed by atoms with Gasteiger partial charge < -0.3 is 15.0 Å². The van der Waals surface area contributed by atoms with E-state index in [2.05, 4.69) is 15.2 Å². The van der Waals surface area contributed by atoms with Crippen molar-refractivity contribution in [1.29, 1.82) is 0 Å². The molecule has 0 spiro atoms. The number of amides is 2. The number of thiazole rings is 1. The highest BCUT2D eigenvalue weighted by atomic mass is 32.1. The average Bonchev–Trinajstić information content (AvgIpc) is 3.09. The molecule has 2 amide bonds. The van der Waals surface area contributed by atoms with Crippen LogP contribution in [0.2, 0.25) is 0 Å². The number of benzene rings is 1. The Kier molecular flexibility index (Phi) is 8.99. The summed E-state index contributed by atoms with van der Waals surface area (Å²) in [6, 6.07) is 9.97. The molecule has 0 radical (unpaired) electrons. The van der Waals surface area contributed by atoms with Gasteiger partial charge in [0.2, 0.25) is 11.8 Å². The van der Waals surface area contributed by atoms with Gasteiger partial charge in [-0.05, 0) is 32.3 Å². The second kappa shape index (κ2) is 11.9. The normalized spacial score (nSPS) is 14.4. The summed E-state index contributed by atoms with van der Waals surface area (Å²) in [5, 5.41) is 3.44. The molecule has 8 heteroatoms. The molecule has 0 bridgehead atoms. The maximum absolute atomic E-state index is 12.9. The fourth-order valence-corrected chi connectivity index (χ4v) is 4.35. The maximum atomic E-state index is 12.9. The number of carbonyl (C=O) groups is 2. The predicted octanol–water partition coefficient (Wildman–Crippen LogP) is 2.88. The molecular weight excluding hydrogens is 412 g/mol. The van der Waals surface area contributed by atoms with E-state index in [0.29, 0.717) is 24.5 Å². The smallest absolute Gasteiger partial charge is 0.245 e. The van der Waals surface area contributed by atoms with E-state index < -0.39 is 0 Å². The lowest BCUT2D eigenvalue weighted by Crippen LogP contribution is -2.41. The van der Waals surface area contributed by atoms with E-state index >= 15 is 0 Å². The first-order valence-corrected chi connectivity index (χ1v) is 11.7. The zero-order chi connectivity index (χ0) is 22.1. The number of hydrogen-bond acceptors (Lipinski definition) is 6. The minimum Gasteiger partial charge on any atom is -0.379 e. The molecule has 1 aromatic heterocycles. The van der Waals surface area contributed by atoms with Crippen molar-refractivity contribution in [3.05, 3.63) is 46.5 Å². The number of rotatable bonds is 10. The maximum Gasteiger partial charge on any atom is 0.245 e. The molecule has 1 saturated heterocycles. The molecule has 0 saturated carbocycles. The first-order valence-electron chi connectivity index (χ1n) is 10.9. The average molecular weight is 445 g/mol. The molecule has 1 aromatic carbocycles. The van der Waals surface area contributed by atoms with Crippen molar-refractivity contribution in [3.8, 4) is 0 Å². The molecule has 2 heterocycles. The van der Waals surface area contributed by atoms with E-state index in [4.69, 9.17) is 4.74 Å². The van der Waals surface area contributed by atoms with Crippen LogP contribution in [0, 0.1) is 13.8 Å². The number of nitrogens with zero attached hydrogens (tertiary/aromatic N) is 3. The number of ether oxygens (including phenoxy) is 1. The minimum atomic E-state index is -0.201. The highest BCUT2D eigenvalue weighted by Gasteiger charge is 2.19. The van der Waals surface area contributed by atoms with Gasteiger partial charge in [0.25, 0.3) is 0 Å². The van der Waals surface area contributed by atoms with Crippen molar-refractivity contribution in [2.45, 2.75) is 33.1 Å². The third-order valence-corrected chi connectivity index (χ3v) is 6.43. The van der Waals surface area contributed by atoms with Crippen molar-refractivity contribution in [3.63, 3.8) is 0 Å². The van der Waals surface area contributed by atoms with E-state index in [1.54, 1.807) is 4.90 Å². The molecule has 3 rings (SSSR count). The molecule has 0 atom stereocenters. The zero-order valence-electron chi connectivity index (χ0n) is 18.4. The number of morpholine rings is 1. The van der Waals surface area contributed by atoms with Gasteiger partial charge in [-0.3, -0.25) is 14.5 Å². The van der Waals surface area contributed by atoms with Crippen molar-refractivity contribution in [2.75, 3.05) is 51.3 Å². The second-order valence-corrected chi connectivity index (χ2v) is 9.02. The number of carbonyl (C=O) groups excluding carboxylic acids is 2. The van der Waals surface area contributed by atoms with Gasteiger partial charge in [0.05, 0.1) is 25.5 Å². The van der Waals surface area contributed by atoms with Crippen LogP contribution in [0.15, 0.2) is 30.3 Å². The lowest BCUT2D eigenvalue weighted by Gasteiger charge is -2.28. The van der Waals surface area contributed by atoms with Gasteiger partial charge in [-0.15, -0.1) is 11.3 Å². The second-order valence-electron chi connectivity index (χ2n) is 7.82. The Labute approximate surface area is 188 Å². The SMILES string of the molecule is Cc1nc(NC(=O)CN(CCCN2CCOCC2)C(=O)CCc2ccccc2)sc1C. The lowest BCUT2D eigenvalue weighted by molar-refractivity contribution is -0.134. The van der Waals surface area contributed by atoms with Gasteiger partial charge in [0, 0.05) is 37.5 Å². The lowest BCUT2D eigenvalue weighted by atomic mass is 10.1. The largest absolute Gasteiger partial charge is 0.379 e. The van der Waals surface area contributed by atoms with Gasteiger partial charge in [-0.1, -0.05) is 30.3 Å². The number of aromatic nitrogens is 1. The fraction of sp³-hybridized carbons (Fsp3) is 0.522. The summed E-state index contributed by atoms with van der Waals surface area (Å²) in [5.41, 5.74) is 2.05. The first-order chi connectivity index (χ1) is 15.0. The Morgan fingerprint density at radius 2 is 1.94 bits per heavy atom. The minimum absolute atomic E-state index is 0.00693. The Hall–Kier alpha value is -2.29. The Bertz CT molecular complexity index is 830. The van der Waals surface area contributed by atoms with Crippen LogP contribution < -0.4 is 5.32 Å². The van der Waals surface area contributed by atoms with E-state index in [0.717, 1.165) is 55.4 Å². The molecule has 0 aliphatic carbocycles. The van der Waals surface area contributed by atoms with E-state index in [9.17, 15) is 9.59 Å². The van der Waals surface area contributed by atoms with Gasteiger partial charge in [-0.25, -0.2) is 4.98 Å². The van der Waals surface area contributed by atoms with Crippen molar-refractivity contribution < 1.29 is 14.3 Å². The van der Waals surface area contributed by atoms with Crippen LogP contribution in [-0.2, 0) is 20.7 Å². The van der Waals surface area contributed by atoms with Crippen LogP contribution in [0.5, 0.6) is 0 Å². The molecule has 2 aromatic rings. The van der Waals surface area contributed by atoms with Gasteiger partial charge >= 0.3 is 0 Å². The van der Waals surface area contributed by atoms with Crippen LogP contribution in [0.4, 0.5) is 5.13 Å². The van der Waals surface area contributed by atoms with E-state index in [1.807, 2.05) is 44.2 Å². The summed E-state index contributed by atoms with van der Waals surface area (Å²) in [6.07, 6.45) is 1.90. The quantitative estimate of drug-likeness (QED) is 0.610.